The first-order chi connectivity index (χ1) is 13.7. The van der Waals surface area contributed by atoms with Crippen LogP contribution in [0.3, 0.4) is 0 Å². The summed E-state index contributed by atoms with van der Waals surface area (Å²) in [6, 6.07) is 7.70. The third kappa shape index (κ3) is 2.75. The Bertz CT molecular complexity index is 1150. The van der Waals surface area contributed by atoms with Crippen LogP contribution in [-0.2, 0) is 7.05 Å². The van der Waals surface area contributed by atoms with Crippen molar-refractivity contribution in [2.45, 2.75) is 25.7 Å². The molecule has 0 saturated carbocycles. The lowest BCUT2D eigenvalue weighted by Crippen LogP contribution is -2.20. The lowest BCUT2D eigenvalue weighted by Gasteiger charge is -2.22. The smallest absolute Gasteiger partial charge is 0.228 e. The monoisotopic (exact) mass is 376 g/mol. The second-order valence-corrected chi connectivity index (χ2v) is 6.86. The molecule has 1 N–H and O–H groups in total. The Labute approximate surface area is 161 Å². The number of aromatic nitrogens is 7. The first-order valence-corrected chi connectivity index (χ1v) is 9.33. The molecule has 5 rings (SSSR count). The maximum absolute atomic E-state index is 6.02. The minimum Gasteiger partial charge on any atom is -0.478 e. The number of nitrogens with zero attached hydrogens (tertiary/aromatic N) is 7. The zero-order valence-corrected chi connectivity index (χ0v) is 15.7. The average Bonchev–Trinajstić information content (AvgIpc) is 3.32. The fourth-order valence-electron chi connectivity index (χ4n) is 3.54. The number of aryl methyl sites for hydroxylation is 1. The molecule has 0 fully saturated rings. The highest BCUT2D eigenvalue weighted by molar-refractivity contribution is 5.67. The standard InChI is InChI=1S/C19H20N8O/c1-3-4-12-11-28-17-10-13(9-16-24-25-18(12)27(16)17)14-5-7-20-19(22-14)23-15-6-8-21-26(15)2/h5-10,12H,3-4,11H2,1-2H3,(H,20,22,23)/t12-/m0/s1. The second-order valence-electron chi connectivity index (χ2n) is 6.86. The molecule has 9 nitrogen and oxygen atoms in total. The normalized spacial score (nSPS) is 15.6. The van der Waals surface area contributed by atoms with E-state index in [2.05, 4.69) is 37.5 Å². The van der Waals surface area contributed by atoms with Gasteiger partial charge in [0.05, 0.1) is 24.4 Å². The fraction of sp³-hybridized carbons (Fsp3) is 0.316. The van der Waals surface area contributed by atoms with Crippen molar-refractivity contribution >= 4 is 17.4 Å². The SMILES string of the molecule is CCC[C@H]1COc2cc(-c3ccnc(Nc4ccnn4C)n3)cc3nnc1n23. The van der Waals surface area contributed by atoms with Crippen LogP contribution in [0.5, 0.6) is 5.88 Å². The summed E-state index contributed by atoms with van der Waals surface area (Å²) in [7, 11) is 1.86. The highest BCUT2D eigenvalue weighted by atomic mass is 16.5. The summed E-state index contributed by atoms with van der Waals surface area (Å²) in [5.41, 5.74) is 2.45. The minimum atomic E-state index is 0.284. The van der Waals surface area contributed by atoms with Crippen molar-refractivity contribution in [2.24, 2.45) is 7.05 Å². The third-order valence-corrected chi connectivity index (χ3v) is 4.94. The van der Waals surface area contributed by atoms with Crippen molar-refractivity contribution in [1.29, 1.82) is 0 Å². The molecule has 0 bridgehead atoms. The van der Waals surface area contributed by atoms with E-state index in [1.165, 1.54) is 0 Å². The lowest BCUT2D eigenvalue weighted by atomic mass is 10.0. The van der Waals surface area contributed by atoms with Gasteiger partial charge in [0.2, 0.25) is 11.8 Å². The lowest BCUT2D eigenvalue weighted by molar-refractivity contribution is 0.239. The zero-order valence-electron chi connectivity index (χ0n) is 15.7. The van der Waals surface area contributed by atoms with Crippen LogP contribution >= 0.6 is 0 Å². The van der Waals surface area contributed by atoms with Crippen LogP contribution in [0.15, 0.2) is 36.7 Å². The molecule has 0 saturated heterocycles. The van der Waals surface area contributed by atoms with E-state index in [4.69, 9.17) is 4.74 Å². The molecular formula is C19H20N8O. The summed E-state index contributed by atoms with van der Waals surface area (Å²) in [5, 5.41) is 16.1. The Morgan fingerprint density at radius 2 is 2.14 bits per heavy atom. The number of hydrogen-bond acceptors (Lipinski definition) is 7. The van der Waals surface area contributed by atoms with Crippen molar-refractivity contribution in [3.05, 3.63) is 42.5 Å². The second kappa shape index (κ2) is 6.59. The molecule has 28 heavy (non-hydrogen) atoms. The highest BCUT2D eigenvalue weighted by Crippen LogP contribution is 2.33. The molecule has 0 unspecified atom stereocenters. The van der Waals surface area contributed by atoms with Gasteiger partial charge in [-0.3, -0.25) is 4.68 Å². The van der Waals surface area contributed by atoms with E-state index in [0.717, 1.165) is 47.3 Å². The van der Waals surface area contributed by atoms with Crippen LogP contribution in [0, 0.1) is 0 Å². The Hall–Kier alpha value is -3.49. The summed E-state index contributed by atoms with van der Waals surface area (Å²) >= 11 is 0. The molecule has 0 aliphatic carbocycles. The van der Waals surface area contributed by atoms with Crippen molar-refractivity contribution in [1.82, 2.24) is 34.3 Å². The summed E-state index contributed by atoms with van der Waals surface area (Å²) < 4.78 is 9.75. The fourth-order valence-corrected chi connectivity index (χ4v) is 3.54. The van der Waals surface area contributed by atoms with Crippen molar-refractivity contribution in [3.63, 3.8) is 0 Å². The molecule has 1 aliphatic rings. The molecule has 1 aliphatic heterocycles. The molecule has 1 atom stereocenters. The summed E-state index contributed by atoms with van der Waals surface area (Å²) in [6.07, 6.45) is 5.57. The summed E-state index contributed by atoms with van der Waals surface area (Å²) in [6.45, 7) is 2.80. The Balaban J connectivity index is 1.52. The summed E-state index contributed by atoms with van der Waals surface area (Å²) in [4.78, 5) is 8.94. The van der Waals surface area contributed by atoms with Crippen LogP contribution in [-0.4, -0.2) is 41.0 Å². The topological polar surface area (TPSA) is 95.0 Å². The van der Waals surface area contributed by atoms with E-state index in [-0.39, 0.29) is 5.92 Å². The maximum Gasteiger partial charge on any atom is 0.228 e. The largest absolute Gasteiger partial charge is 0.478 e. The van der Waals surface area contributed by atoms with Crippen LogP contribution in [0.1, 0.15) is 31.5 Å². The number of hydrogen-bond donors (Lipinski definition) is 1. The van der Waals surface area contributed by atoms with Crippen molar-refractivity contribution < 1.29 is 4.74 Å². The quantitative estimate of drug-likeness (QED) is 0.572. The van der Waals surface area contributed by atoms with Gasteiger partial charge in [0, 0.05) is 30.9 Å². The van der Waals surface area contributed by atoms with Crippen LogP contribution in [0.25, 0.3) is 16.9 Å². The van der Waals surface area contributed by atoms with Crippen LogP contribution < -0.4 is 10.1 Å². The van der Waals surface area contributed by atoms with Gasteiger partial charge in [0.1, 0.15) is 11.6 Å². The zero-order chi connectivity index (χ0) is 19.1. The van der Waals surface area contributed by atoms with Crippen molar-refractivity contribution in [3.8, 4) is 17.1 Å². The predicted octanol–water partition coefficient (Wildman–Crippen LogP) is 2.94. The Kier molecular flexibility index (Phi) is 3.92. The molecule has 0 aromatic carbocycles. The Morgan fingerprint density at radius 3 is 2.96 bits per heavy atom. The van der Waals surface area contributed by atoms with E-state index in [9.17, 15) is 0 Å². The van der Waals surface area contributed by atoms with Gasteiger partial charge in [-0.15, -0.1) is 10.2 Å². The molecule has 142 valence electrons. The van der Waals surface area contributed by atoms with Gasteiger partial charge in [-0.25, -0.2) is 14.4 Å². The number of anilines is 2. The molecule has 0 amide bonds. The van der Waals surface area contributed by atoms with E-state index in [1.807, 2.05) is 35.7 Å². The number of nitrogens with one attached hydrogen (secondary N) is 1. The molecule has 5 heterocycles. The molecule has 4 aromatic rings. The van der Waals surface area contributed by atoms with Gasteiger partial charge in [0.15, 0.2) is 5.65 Å². The average molecular weight is 376 g/mol. The predicted molar refractivity (Wildman–Crippen MR) is 104 cm³/mol. The molecule has 0 radical (unpaired) electrons. The van der Waals surface area contributed by atoms with Gasteiger partial charge in [0.25, 0.3) is 0 Å². The number of pyridine rings is 1. The number of ether oxygens (including phenoxy) is 1. The minimum absolute atomic E-state index is 0.284. The molecular weight excluding hydrogens is 356 g/mol. The summed E-state index contributed by atoms with van der Waals surface area (Å²) in [5.74, 6) is 3.33. The number of rotatable bonds is 5. The van der Waals surface area contributed by atoms with E-state index >= 15 is 0 Å². The van der Waals surface area contributed by atoms with Gasteiger partial charge in [-0.2, -0.15) is 5.10 Å². The molecule has 4 aromatic heterocycles. The first-order valence-electron chi connectivity index (χ1n) is 9.33. The maximum atomic E-state index is 6.02. The van der Waals surface area contributed by atoms with Crippen molar-refractivity contribution in [2.75, 3.05) is 11.9 Å². The van der Waals surface area contributed by atoms with Gasteiger partial charge in [-0.1, -0.05) is 13.3 Å². The highest BCUT2D eigenvalue weighted by Gasteiger charge is 2.26. The van der Waals surface area contributed by atoms with E-state index in [1.54, 1.807) is 17.1 Å². The Morgan fingerprint density at radius 1 is 1.21 bits per heavy atom. The van der Waals surface area contributed by atoms with E-state index < -0.39 is 0 Å². The molecule has 9 heteroatoms. The van der Waals surface area contributed by atoms with Crippen LogP contribution in [0.2, 0.25) is 0 Å². The first kappa shape index (κ1) is 16.7. The third-order valence-electron chi connectivity index (χ3n) is 4.94. The van der Waals surface area contributed by atoms with E-state index in [0.29, 0.717) is 12.6 Å². The van der Waals surface area contributed by atoms with Gasteiger partial charge < -0.3 is 10.1 Å². The van der Waals surface area contributed by atoms with Gasteiger partial charge >= 0.3 is 0 Å². The molecule has 0 spiro atoms. The van der Waals surface area contributed by atoms with Crippen LogP contribution in [0.4, 0.5) is 11.8 Å². The van der Waals surface area contributed by atoms with Gasteiger partial charge in [-0.05, 0) is 18.6 Å².